The van der Waals surface area contributed by atoms with Crippen LogP contribution in [0.25, 0.3) is 11.4 Å². The van der Waals surface area contributed by atoms with Gasteiger partial charge in [-0.1, -0.05) is 60.7 Å². The van der Waals surface area contributed by atoms with E-state index >= 15 is 0 Å². The molecule has 1 N–H and O–H groups in total. The lowest BCUT2D eigenvalue weighted by Gasteiger charge is -2.13. The topological polar surface area (TPSA) is 72.9 Å². The summed E-state index contributed by atoms with van der Waals surface area (Å²) in [5.74, 6) is 2.34. The second kappa shape index (κ2) is 9.69. The standard InChI is InChI=1S/C24H24N4O2/c1-29-23-16-21(24-25-27-28-26-24)15-14-20(23)12-7-11-19-10-5-6-13-22(19)30-17-18-8-3-2-4-9-18/h2-6,8-10,13-16H,7,11-12,17H2,1H3,(H,25,26,27,28). The predicted octanol–water partition coefficient (Wildman–Crippen LogP) is 4.63. The smallest absolute Gasteiger partial charge is 0.204 e. The van der Waals surface area contributed by atoms with Crippen molar-refractivity contribution in [2.24, 2.45) is 0 Å². The minimum atomic E-state index is 0.560. The summed E-state index contributed by atoms with van der Waals surface area (Å²) < 4.78 is 11.7. The maximum atomic E-state index is 6.08. The molecule has 1 aromatic heterocycles. The van der Waals surface area contributed by atoms with Crippen LogP contribution in [-0.4, -0.2) is 27.7 Å². The van der Waals surface area contributed by atoms with Gasteiger partial charge in [0.05, 0.1) is 7.11 Å². The van der Waals surface area contributed by atoms with Gasteiger partial charge in [-0.05, 0) is 53.3 Å². The van der Waals surface area contributed by atoms with Crippen molar-refractivity contribution in [3.8, 4) is 22.9 Å². The number of para-hydroxylation sites is 1. The van der Waals surface area contributed by atoms with Gasteiger partial charge in [-0.3, -0.25) is 0 Å². The molecule has 3 aromatic carbocycles. The van der Waals surface area contributed by atoms with Crippen LogP contribution in [0.3, 0.4) is 0 Å². The lowest BCUT2D eigenvalue weighted by molar-refractivity contribution is 0.302. The van der Waals surface area contributed by atoms with E-state index in [1.165, 1.54) is 11.1 Å². The fourth-order valence-electron chi connectivity index (χ4n) is 3.43. The number of ether oxygens (including phenoxy) is 2. The largest absolute Gasteiger partial charge is 0.496 e. The van der Waals surface area contributed by atoms with Gasteiger partial charge in [0.1, 0.15) is 18.1 Å². The van der Waals surface area contributed by atoms with Crippen LogP contribution in [0, 0.1) is 0 Å². The van der Waals surface area contributed by atoms with Crippen molar-refractivity contribution >= 4 is 0 Å². The van der Waals surface area contributed by atoms with Crippen LogP contribution < -0.4 is 9.47 Å². The van der Waals surface area contributed by atoms with Crippen LogP contribution in [0.5, 0.6) is 11.5 Å². The lowest BCUT2D eigenvalue weighted by Crippen LogP contribution is -2.00. The number of hydrogen-bond donors (Lipinski definition) is 1. The van der Waals surface area contributed by atoms with E-state index in [9.17, 15) is 0 Å². The number of H-pyrrole nitrogens is 1. The van der Waals surface area contributed by atoms with Crippen LogP contribution in [0.15, 0.2) is 72.8 Å². The third-order valence-corrected chi connectivity index (χ3v) is 4.99. The summed E-state index contributed by atoms with van der Waals surface area (Å²) in [4.78, 5) is 0. The fourth-order valence-corrected chi connectivity index (χ4v) is 3.43. The SMILES string of the molecule is COc1cc(-c2nn[nH]n2)ccc1CCCc1ccccc1OCc1ccccc1. The zero-order valence-corrected chi connectivity index (χ0v) is 16.9. The van der Waals surface area contributed by atoms with Gasteiger partial charge in [-0.15, -0.1) is 10.2 Å². The number of nitrogens with one attached hydrogen (secondary N) is 1. The number of hydrogen-bond acceptors (Lipinski definition) is 5. The van der Waals surface area contributed by atoms with E-state index in [1.54, 1.807) is 7.11 Å². The summed E-state index contributed by atoms with van der Waals surface area (Å²) in [5, 5.41) is 14.1. The minimum Gasteiger partial charge on any atom is -0.496 e. The molecular weight excluding hydrogens is 376 g/mol. The van der Waals surface area contributed by atoms with E-state index in [4.69, 9.17) is 9.47 Å². The first-order valence-electron chi connectivity index (χ1n) is 9.99. The molecule has 152 valence electrons. The first kappa shape index (κ1) is 19.6. The second-order valence-electron chi connectivity index (χ2n) is 7.00. The van der Waals surface area contributed by atoms with Crippen molar-refractivity contribution in [1.29, 1.82) is 0 Å². The summed E-state index contributed by atoms with van der Waals surface area (Å²) in [6.07, 6.45) is 2.83. The Bertz CT molecular complexity index is 1070. The van der Waals surface area contributed by atoms with E-state index in [0.717, 1.165) is 41.9 Å². The van der Waals surface area contributed by atoms with Crippen LogP contribution in [0.4, 0.5) is 0 Å². The molecule has 0 aliphatic carbocycles. The van der Waals surface area contributed by atoms with Crippen molar-refractivity contribution in [1.82, 2.24) is 20.6 Å². The number of aromatic nitrogens is 4. The molecule has 0 radical (unpaired) electrons. The molecule has 0 amide bonds. The summed E-state index contributed by atoms with van der Waals surface area (Å²) in [6, 6.07) is 24.5. The van der Waals surface area contributed by atoms with Gasteiger partial charge in [-0.2, -0.15) is 5.21 Å². The Kier molecular flexibility index (Phi) is 6.35. The Hall–Kier alpha value is -3.67. The third kappa shape index (κ3) is 4.84. The quantitative estimate of drug-likeness (QED) is 0.443. The van der Waals surface area contributed by atoms with Gasteiger partial charge in [0, 0.05) is 5.56 Å². The molecule has 0 atom stereocenters. The van der Waals surface area contributed by atoms with Crippen LogP contribution >= 0.6 is 0 Å². The Morgan fingerprint density at radius 3 is 2.37 bits per heavy atom. The number of tetrazole rings is 1. The molecule has 0 spiro atoms. The van der Waals surface area contributed by atoms with E-state index < -0.39 is 0 Å². The van der Waals surface area contributed by atoms with Crippen molar-refractivity contribution < 1.29 is 9.47 Å². The number of benzene rings is 3. The summed E-state index contributed by atoms with van der Waals surface area (Å²) in [6.45, 7) is 0.573. The molecule has 0 saturated carbocycles. The summed E-state index contributed by atoms with van der Waals surface area (Å²) in [5.41, 5.74) is 4.42. The highest BCUT2D eigenvalue weighted by Gasteiger charge is 2.10. The number of nitrogens with zero attached hydrogens (tertiary/aromatic N) is 3. The molecule has 6 nitrogen and oxygen atoms in total. The second-order valence-corrected chi connectivity index (χ2v) is 7.00. The summed E-state index contributed by atoms with van der Waals surface area (Å²) >= 11 is 0. The Morgan fingerprint density at radius 2 is 1.60 bits per heavy atom. The lowest BCUT2D eigenvalue weighted by atomic mass is 10.0. The average Bonchev–Trinajstić information content (AvgIpc) is 3.34. The molecule has 0 unspecified atom stereocenters. The summed E-state index contributed by atoms with van der Waals surface area (Å²) in [7, 11) is 1.69. The third-order valence-electron chi connectivity index (χ3n) is 4.99. The average molecular weight is 400 g/mol. The predicted molar refractivity (Wildman–Crippen MR) is 115 cm³/mol. The van der Waals surface area contributed by atoms with Gasteiger partial charge in [0.25, 0.3) is 0 Å². The molecule has 0 bridgehead atoms. The van der Waals surface area contributed by atoms with Gasteiger partial charge in [0.15, 0.2) is 0 Å². The molecule has 0 aliphatic heterocycles. The molecule has 0 saturated heterocycles. The molecule has 4 aromatic rings. The molecule has 0 fully saturated rings. The van der Waals surface area contributed by atoms with Crippen molar-refractivity contribution in [3.05, 3.63) is 89.5 Å². The van der Waals surface area contributed by atoms with Gasteiger partial charge in [-0.25, -0.2) is 0 Å². The highest BCUT2D eigenvalue weighted by molar-refractivity contribution is 5.58. The first-order valence-corrected chi connectivity index (χ1v) is 9.99. The zero-order valence-electron chi connectivity index (χ0n) is 16.9. The van der Waals surface area contributed by atoms with Crippen molar-refractivity contribution in [3.63, 3.8) is 0 Å². The van der Waals surface area contributed by atoms with Crippen LogP contribution in [0.2, 0.25) is 0 Å². The highest BCUT2D eigenvalue weighted by Crippen LogP contribution is 2.27. The maximum Gasteiger partial charge on any atom is 0.204 e. The van der Waals surface area contributed by atoms with E-state index in [2.05, 4.69) is 51.0 Å². The van der Waals surface area contributed by atoms with Gasteiger partial charge >= 0.3 is 0 Å². The number of aryl methyl sites for hydroxylation is 2. The Morgan fingerprint density at radius 1 is 0.833 bits per heavy atom. The minimum absolute atomic E-state index is 0.560. The zero-order chi connectivity index (χ0) is 20.6. The van der Waals surface area contributed by atoms with Crippen molar-refractivity contribution in [2.75, 3.05) is 7.11 Å². The number of methoxy groups -OCH3 is 1. The van der Waals surface area contributed by atoms with E-state index in [1.807, 2.05) is 42.5 Å². The first-order chi connectivity index (χ1) is 14.8. The van der Waals surface area contributed by atoms with Gasteiger partial charge < -0.3 is 9.47 Å². The molecule has 4 rings (SSSR count). The fraction of sp³-hybridized carbons (Fsp3) is 0.208. The molecular formula is C24H24N4O2. The molecule has 1 heterocycles. The Labute approximate surface area is 175 Å². The molecule has 0 aliphatic rings. The van der Waals surface area contributed by atoms with E-state index in [-0.39, 0.29) is 0 Å². The van der Waals surface area contributed by atoms with Crippen LogP contribution in [-0.2, 0) is 19.4 Å². The van der Waals surface area contributed by atoms with Crippen LogP contribution in [0.1, 0.15) is 23.1 Å². The normalized spacial score (nSPS) is 10.7. The van der Waals surface area contributed by atoms with Crippen molar-refractivity contribution in [2.45, 2.75) is 25.9 Å². The molecule has 6 heteroatoms. The highest BCUT2D eigenvalue weighted by atomic mass is 16.5. The number of aromatic amines is 1. The number of rotatable bonds is 9. The Balaban J connectivity index is 1.38. The maximum absolute atomic E-state index is 6.08. The monoisotopic (exact) mass is 400 g/mol. The van der Waals surface area contributed by atoms with Gasteiger partial charge in [0.2, 0.25) is 5.82 Å². The molecule has 30 heavy (non-hydrogen) atoms. The van der Waals surface area contributed by atoms with E-state index in [0.29, 0.717) is 12.4 Å².